The number of fused-ring (bicyclic) bond motifs is 4. The number of hydrogen-bond donors (Lipinski definition) is 2. The minimum Gasteiger partial charge on any atom is -0.507 e. The molecule has 38 heavy (non-hydrogen) atoms. The minimum atomic E-state index is -1.01. The Balaban J connectivity index is 1.47. The van der Waals surface area contributed by atoms with Crippen LogP contribution in [-0.4, -0.2) is 48.6 Å². The standard InChI is InChI=1S/C30H32BBrO6/c1-3-17(12-18-13-20(32)9-10-25(18)33)8-11-26-27-19(16-37-2)14-23-28(24(27)15-31(36)38-26)30(35)22-7-5-4-6-21(22)29(23)34/h4-7,9-10,12-13,23-24,26,28,33,36H,3,8,11,14-16H2,1-2H3/b17-12+/t23-,24+,26-,28-/m1/s1. The molecule has 1 fully saturated rings. The van der Waals surface area contributed by atoms with Crippen molar-refractivity contribution in [3.63, 3.8) is 0 Å². The number of ether oxygens (including phenoxy) is 1. The van der Waals surface area contributed by atoms with Crippen LogP contribution in [0.15, 0.2) is 63.7 Å². The van der Waals surface area contributed by atoms with Crippen LogP contribution < -0.4 is 0 Å². The Morgan fingerprint density at radius 1 is 1.16 bits per heavy atom. The Morgan fingerprint density at radius 3 is 2.61 bits per heavy atom. The molecule has 0 unspecified atom stereocenters. The number of phenolic OH excluding ortho intramolecular Hbond substituents is 1. The highest BCUT2D eigenvalue weighted by Crippen LogP contribution is 2.51. The van der Waals surface area contributed by atoms with Gasteiger partial charge in [-0.2, -0.15) is 0 Å². The summed E-state index contributed by atoms with van der Waals surface area (Å²) in [5.74, 6) is -1.04. The lowest BCUT2D eigenvalue weighted by Gasteiger charge is -2.47. The van der Waals surface area contributed by atoms with E-state index < -0.39 is 19.0 Å². The molecule has 198 valence electrons. The summed E-state index contributed by atoms with van der Waals surface area (Å²) in [6.45, 7) is 2.43. The number of phenols is 1. The first kappa shape index (κ1) is 27.1. The average Bonchev–Trinajstić information content (AvgIpc) is 2.91. The predicted octanol–water partition coefficient (Wildman–Crippen LogP) is 5.88. The van der Waals surface area contributed by atoms with Crippen molar-refractivity contribution in [2.24, 2.45) is 17.8 Å². The van der Waals surface area contributed by atoms with Crippen molar-refractivity contribution < 1.29 is 29.1 Å². The molecule has 2 aliphatic carbocycles. The molecule has 2 aromatic rings. The molecule has 2 aromatic carbocycles. The van der Waals surface area contributed by atoms with E-state index in [-0.39, 0.29) is 35.7 Å². The number of hydrogen-bond acceptors (Lipinski definition) is 6. The molecule has 4 atom stereocenters. The van der Waals surface area contributed by atoms with E-state index in [1.54, 1.807) is 43.5 Å². The molecule has 8 heteroatoms. The molecule has 1 saturated heterocycles. The smallest absolute Gasteiger partial charge is 0.455 e. The highest BCUT2D eigenvalue weighted by molar-refractivity contribution is 9.10. The number of halogens is 1. The van der Waals surface area contributed by atoms with Crippen LogP contribution in [-0.2, 0) is 9.39 Å². The summed E-state index contributed by atoms with van der Waals surface area (Å²) in [7, 11) is 0.618. The number of ketones is 2. The lowest BCUT2D eigenvalue weighted by atomic mass is 9.54. The lowest BCUT2D eigenvalue weighted by Crippen LogP contribution is -2.51. The highest BCUT2D eigenvalue weighted by atomic mass is 79.9. The van der Waals surface area contributed by atoms with Crippen molar-refractivity contribution in [3.05, 3.63) is 80.3 Å². The molecule has 1 aliphatic heterocycles. The molecular weight excluding hydrogens is 547 g/mol. The van der Waals surface area contributed by atoms with Gasteiger partial charge in [0.15, 0.2) is 11.6 Å². The van der Waals surface area contributed by atoms with E-state index >= 15 is 0 Å². The first-order valence-electron chi connectivity index (χ1n) is 13.2. The van der Waals surface area contributed by atoms with Gasteiger partial charge < -0.3 is 19.5 Å². The summed E-state index contributed by atoms with van der Waals surface area (Å²) in [4.78, 5) is 27.3. The summed E-state index contributed by atoms with van der Waals surface area (Å²) in [5, 5.41) is 21.1. The third-order valence-corrected chi connectivity index (χ3v) is 8.71. The topological polar surface area (TPSA) is 93.1 Å². The van der Waals surface area contributed by atoms with Gasteiger partial charge >= 0.3 is 7.12 Å². The van der Waals surface area contributed by atoms with Crippen molar-refractivity contribution in [2.75, 3.05) is 13.7 Å². The van der Waals surface area contributed by atoms with Gasteiger partial charge in [0, 0.05) is 40.1 Å². The number of Topliss-reactive ketones (excluding diaryl/α,β-unsaturated/α-hetero) is 2. The third-order valence-electron chi connectivity index (χ3n) is 8.21. The summed E-state index contributed by atoms with van der Waals surface area (Å²) >= 11 is 3.47. The fourth-order valence-corrected chi connectivity index (χ4v) is 6.88. The van der Waals surface area contributed by atoms with Gasteiger partial charge in [-0.1, -0.05) is 58.8 Å². The monoisotopic (exact) mass is 578 g/mol. The second-order valence-electron chi connectivity index (χ2n) is 10.4. The van der Waals surface area contributed by atoms with Gasteiger partial charge in [0.2, 0.25) is 0 Å². The van der Waals surface area contributed by atoms with Crippen molar-refractivity contribution in [1.29, 1.82) is 0 Å². The fourth-order valence-electron chi connectivity index (χ4n) is 6.50. The van der Waals surface area contributed by atoms with Crippen LogP contribution in [0.1, 0.15) is 58.9 Å². The molecule has 5 rings (SSSR count). The number of allylic oxidation sites excluding steroid dienone is 1. The lowest BCUT2D eigenvalue weighted by molar-refractivity contribution is 0.0584. The molecule has 6 nitrogen and oxygen atoms in total. The Hall–Kier alpha value is -2.52. The number of aromatic hydroxyl groups is 1. The number of carbonyl (C=O) groups excluding carboxylic acids is 2. The van der Waals surface area contributed by atoms with E-state index in [1.165, 1.54) is 0 Å². The van der Waals surface area contributed by atoms with Crippen molar-refractivity contribution in [2.45, 2.75) is 45.0 Å². The first-order chi connectivity index (χ1) is 18.3. The van der Waals surface area contributed by atoms with Crippen LogP contribution in [0.5, 0.6) is 5.75 Å². The number of rotatable bonds is 7. The molecule has 0 bridgehead atoms. The molecule has 0 saturated carbocycles. The SMILES string of the molecule is CC/C(=C\c1cc(Br)ccc1O)CC[C@H]1OB(O)C[C@H]2C1=C(COC)C[C@H]1C(=O)c3ccccc3C(=O)[C@H]12. The van der Waals surface area contributed by atoms with Gasteiger partial charge in [0.25, 0.3) is 0 Å². The Kier molecular flexibility index (Phi) is 8.05. The van der Waals surface area contributed by atoms with Gasteiger partial charge in [0.1, 0.15) is 5.75 Å². The van der Waals surface area contributed by atoms with E-state index in [0.717, 1.165) is 33.2 Å². The van der Waals surface area contributed by atoms with E-state index in [4.69, 9.17) is 9.39 Å². The summed E-state index contributed by atoms with van der Waals surface area (Å²) in [6.07, 6.45) is 4.45. The predicted molar refractivity (Wildman–Crippen MR) is 150 cm³/mol. The van der Waals surface area contributed by atoms with Gasteiger partial charge in [-0.25, -0.2) is 0 Å². The third kappa shape index (κ3) is 5.07. The minimum absolute atomic E-state index is 0.000386. The van der Waals surface area contributed by atoms with Gasteiger partial charge in [-0.15, -0.1) is 0 Å². The summed E-state index contributed by atoms with van der Waals surface area (Å²) in [5.41, 5.74) is 4.87. The van der Waals surface area contributed by atoms with Gasteiger partial charge in [-0.05, 0) is 67.3 Å². The maximum atomic E-state index is 13.7. The normalized spacial score (nSPS) is 25.3. The number of benzene rings is 2. The number of methoxy groups -OCH3 is 1. The van der Waals surface area contributed by atoms with Crippen LogP contribution in [0.3, 0.4) is 0 Å². The van der Waals surface area contributed by atoms with Crippen LogP contribution in [0.2, 0.25) is 6.32 Å². The van der Waals surface area contributed by atoms with E-state index in [0.29, 0.717) is 37.0 Å². The molecular formula is C30H32BBrO6. The Bertz CT molecular complexity index is 1320. The van der Waals surface area contributed by atoms with E-state index in [9.17, 15) is 19.7 Å². The first-order valence-corrected chi connectivity index (χ1v) is 14.0. The molecule has 0 radical (unpaired) electrons. The molecule has 1 heterocycles. The average molecular weight is 579 g/mol. The molecule has 0 amide bonds. The maximum absolute atomic E-state index is 13.7. The van der Waals surface area contributed by atoms with Gasteiger partial charge in [-0.3, -0.25) is 9.59 Å². The second-order valence-corrected chi connectivity index (χ2v) is 11.3. The van der Waals surface area contributed by atoms with E-state index in [2.05, 4.69) is 22.9 Å². The number of carbonyl (C=O) groups is 2. The van der Waals surface area contributed by atoms with Gasteiger partial charge in [0.05, 0.1) is 12.7 Å². The van der Waals surface area contributed by atoms with Crippen LogP contribution >= 0.6 is 15.9 Å². The van der Waals surface area contributed by atoms with Crippen molar-refractivity contribution in [1.82, 2.24) is 0 Å². The zero-order chi connectivity index (χ0) is 27.0. The molecule has 0 aromatic heterocycles. The largest absolute Gasteiger partial charge is 0.507 e. The second kappa shape index (κ2) is 11.3. The zero-order valence-corrected chi connectivity index (χ0v) is 23.2. The Morgan fingerprint density at radius 2 is 1.89 bits per heavy atom. The molecule has 0 spiro atoms. The zero-order valence-electron chi connectivity index (χ0n) is 21.7. The Labute approximate surface area is 232 Å². The maximum Gasteiger partial charge on any atom is 0.455 e. The van der Waals surface area contributed by atoms with Crippen molar-refractivity contribution in [3.8, 4) is 5.75 Å². The summed E-state index contributed by atoms with van der Waals surface area (Å²) < 4.78 is 12.5. The molecule has 3 aliphatic rings. The fraction of sp³-hybridized carbons (Fsp3) is 0.400. The van der Waals surface area contributed by atoms with Crippen molar-refractivity contribution >= 4 is 40.7 Å². The summed E-state index contributed by atoms with van der Waals surface area (Å²) in [6, 6.07) is 12.4. The van der Waals surface area contributed by atoms with E-state index in [1.807, 2.05) is 12.1 Å². The van der Waals surface area contributed by atoms with Crippen LogP contribution in [0, 0.1) is 17.8 Å². The molecule has 2 N–H and O–H groups in total. The highest BCUT2D eigenvalue weighted by Gasteiger charge is 2.53. The quantitative estimate of drug-likeness (QED) is 0.315. The van der Waals surface area contributed by atoms with Crippen LogP contribution in [0.4, 0.5) is 0 Å². The van der Waals surface area contributed by atoms with Crippen LogP contribution in [0.25, 0.3) is 6.08 Å².